The first kappa shape index (κ1) is 24.5. The Balaban J connectivity index is 1.22. The summed E-state index contributed by atoms with van der Waals surface area (Å²) in [6, 6.07) is 14.6. The summed E-state index contributed by atoms with van der Waals surface area (Å²) in [7, 11) is 1.57. The van der Waals surface area contributed by atoms with Gasteiger partial charge in [0.2, 0.25) is 5.91 Å². The van der Waals surface area contributed by atoms with E-state index in [2.05, 4.69) is 27.0 Å². The van der Waals surface area contributed by atoms with E-state index >= 15 is 0 Å². The average Bonchev–Trinajstić information content (AvgIpc) is 3.39. The van der Waals surface area contributed by atoms with Gasteiger partial charge in [-0.25, -0.2) is 14.5 Å². The van der Waals surface area contributed by atoms with Gasteiger partial charge in [0.05, 0.1) is 36.3 Å². The average molecular weight is 543 g/mol. The lowest BCUT2D eigenvalue weighted by Gasteiger charge is -2.38. The summed E-state index contributed by atoms with van der Waals surface area (Å²) in [6.45, 7) is 4.48. The highest BCUT2D eigenvalue weighted by Gasteiger charge is 2.31. The Morgan fingerprint density at radius 2 is 1.97 bits per heavy atom. The first-order valence-corrected chi connectivity index (χ1v) is 12.5. The molecule has 10 nitrogen and oxygen atoms in total. The smallest absolute Gasteiger partial charge is 0.246 e. The van der Waals surface area contributed by atoms with Crippen molar-refractivity contribution in [3.63, 3.8) is 0 Å². The van der Waals surface area contributed by atoms with E-state index in [9.17, 15) is 4.79 Å². The predicted molar refractivity (Wildman–Crippen MR) is 147 cm³/mol. The van der Waals surface area contributed by atoms with Crippen LogP contribution in [0.3, 0.4) is 0 Å². The summed E-state index contributed by atoms with van der Waals surface area (Å²) in [5.41, 5.74) is 2.31. The normalized spacial score (nSPS) is 13.2. The number of nitrogens with zero attached hydrogens (tertiary/aromatic N) is 5. The Hall–Kier alpha value is -4.83. The Labute approximate surface area is 228 Å². The van der Waals surface area contributed by atoms with Crippen molar-refractivity contribution in [3.8, 4) is 23.0 Å². The number of benzene rings is 2. The van der Waals surface area contributed by atoms with Crippen molar-refractivity contribution in [2.24, 2.45) is 0 Å². The number of carbonyl (C=O) groups is 1. The number of anilines is 2. The number of ether oxygens (including phenoxy) is 3. The zero-order valence-corrected chi connectivity index (χ0v) is 21.6. The van der Waals surface area contributed by atoms with Crippen molar-refractivity contribution in [2.45, 2.75) is 6.10 Å². The van der Waals surface area contributed by atoms with E-state index in [4.69, 9.17) is 25.8 Å². The molecule has 0 radical (unpaired) electrons. The molecule has 39 heavy (non-hydrogen) atoms. The third-order valence-electron chi connectivity index (χ3n) is 6.34. The van der Waals surface area contributed by atoms with Gasteiger partial charge in [0.1, 0.15) is 29.7 Å². The molecule has 1 aliphatic heterocycles. The van der Waals surface area contributed by atoms with Gasteiger partial charge in [-0.2, -0.15) is 5.10 Å². The van der Waals surface area contributed by atoms with Crippen LogP contribution in [0.15, 0.2) is 79.9 Å². The summed E-state index contributed by atoms with van der Waals surface area (Å²) in [5.74, 6) is 2.70. The predicted octanol–water partition coefficient (Wildman–Crippen LogP) is 5.25. The Kier molecular flexibility index (Phi) is 6.37. The number of methoxy groups -OCH3 is 1. The second-order valence-corrected chi connectivity index (χ2v) is 9.27. The minimum atomic E-state index is -0.151. The maximum atomic E-state index is 11.8. The third-order valence-corrected chi connectivity index (χ3v) is 6.64. The van der Waals surface area contributed by atoms with Crippen LogP contribution in [0.25, 0.3) is 16.4 Å². The molecule has 0 unspecified atom stereocenters. The van der Waals surface area contributed by atoms with Crippen LogP contribution in [0, 0.1) is 0 Å². The standard InChI is InChI=1S/C28H23ClN6O4/c1-3-27(36)34-14-20(15-34)39-26-12-21-23(13-25(26)37-2)30-16-31-28(21)33-17-4-5-24(22(29)10-17)38-19-7-9-35-18(11-19)6-8-32-35/h3-13,16,20H,1,14-15H2,2H3,(H,30,31,33). The van der Waals surface area contributed by atoms with Crippen LogP contribution in [0.1, 0.15) is 0 Å². The fourth-order valence-corrected chi connectivity index (χ4v) is 4.53. The molecule has 0 saturated carbocycles. The van der Waals surface area contributed by atoms with E-state index < -0.39 is 0 Å². The lowest BCUT2D eigenvalue weighted by molar-refractivity contribution is -0.134. The molecule has 11 heteroatoms. The van der Waals surface area contributed by atoms with E-state index in [1.165, 1.54) is 12.4 Å². The molecular formula is C28H23ClN6O4. The van der Waals surface area contributed by atoms with Gasteiger partial charge in [0.15, 0.2) is 11.5 Å². The fourth-order valence-electron chi connectivity index (χ4n) is 4.31. The molecule has 5 aromatic rings. The van der Waals surface area contributed by atoms with Crippen LogP contribution in [0.2, 0.25) is 5.02 Å². The molecule has 3 aromatic heterocycles. The van der Waals surface area contributed by atoms with Crippen LogP contribution in [0.4, 0.5) is 11.5 Å². The minimum Gasteiger partial charge on any atom is -0.493 e. The van der Waals surface area contributed by atoms with Gasteiger partial charge >= 0.3 is 0 Å². The third kappa shape index (κ3) is 4.89. The minimum absolute atomic E-state index is 0.116. The molecular weight excluding hydrogens is 520 g/mol. The SMILES string of the molecule is C=CC(=O)N1CC(Oc2cc3c(Nc4ccc(Oc5ccn6nccc6c5)c(Cl)c4)ncnc3cc2OC)C1. The topological polar surface area (TPSA) is 103 Å². The lowest BCUT2D eigenvalue weighted by atomic mass is 10.1. The molecule has 1 aliphatic rings. The summed E-state index contributed by atoms with van der Waals surface area (Å²) in [5, 5.41) is 8.67. The summed E-state index contributed by atoms with van der Waals surface area (Å²) in [4.78, 5) is 22.2. The van der Waals surface area contributed by atoms with Gasteiger partial charge in [0.25, 0.3) is 0 Å². The van der Waals surface area contributed by atoms with Crippen molar-refractivity contribution in [1.29, 1.82) is 0 Å². The van der Waals surface area contributed by atoms with E-state index in [0.29, 0.717) is 52.4 Å². The van der Waals surface area contributed by atoms with Crippen LogP contribution < -0.4 is 19.5 Å². The molecule has 1 N–H and O–H groups in total. The largest absolute Gasteiger partial charge is 0.493 e. The molecule has 1 saturated heterocycles. The highest BCUT2D eigenvalue weighted by atomic mass is 35.5. The molecule has 0 bridgehead atoms. The zero-order chi connectivity index (χ0) is 26.9. The van der Waals surface area contributed by atoms with Gasteiger partial charge in [-0.3, -0.25) is 4.79 Å². The molecule has 0 aliphatic carbocycles. The van der Waals surface area contributed by atoms with E-state index in [1.54, 1.807) is 40.9 Å². The van der Waals surface area contributed by atoms with E-state index in [1.807, 2.05) is 36.5 Å². The first-order chi connectivity index (χ1) is 19.0. The maximum Gasteiger partial charge on any atom is 0.246 e. The number of hydrogen-bond acceptors (Lipinski definition) is 8. The molecule has 6 rings (SSSR count). The summed E-state index contributed by atoms with van der Waals surface area (Å²) >= 11 is 6.56. The Morgan fingerprint density at radius 1 is 1.10 bits per heavy atom. The van der Waals surface area contributed by atoms with Crippen molar-refractivity contribution in [2.75, 3.05) is 25.5 Å². The molecule has 0 atom stereocenters. The molecule has 1 fully saturated rings. The number of halogens is 1. The monoisotopic (exact) mass is 542 g/mol. The number of rotatable bonds is 8. The Bertz CT molecular complexity index is 1720. The van der Waals surface area contributed by atoms with E-state index in [0.717, 1.165) is 16.6 Å². The number of likely N-dealkylation sites (tertiary alicyclic amines) is 1. The van der Waals surface area contributed by atoms with Gasteiger partial charge in [-0.1, -0.05) is 18.2 Å². The first-order valence-electron chi connectivity index (χ1n) is 12.1. The van der Waals surface area contributed by atoms with Crippen LogP contribution >= 0.6 is 11.6 Å². The van der Waals surface area contributed by atoms with Crippen LogP contribution in [0.5, 0.6) is 23.0 Å². The molecule has 4 heterocycles. The zero-order valence-electron chi connectivity index (χ0n) is 20.9. The molecule has 1 amide bonds. The van der Waals surface area contributed by atoms with Crippen LogP contribution in [-0.4, -0.2) is 56.7 Å². The second-order valence-electron chi connectivity index (χ2n) is 8.87. The number of hydrogen-bond donors (Lipinski definition) is 1. The lowest BCUT2D eigenvalue weighted by Crippen LogP contribution is -2.55. The fraction of sp³-hybridized carbons (Fsp3) is 0.143. The van der Waals surface area contributed by atoms with Gasteiger partial charge in [0, 0.05) is 35.6 Å². The van der Waals surface area contributed by atoms with Gasteiger partial charge in [-0.05, 0) is 42.5 Å². The highest BCUT2D eigenvalue weighted by Crippen LogP contribution is 2.37. The highest BCUT2D eigenvalue weighted by molar-refractivity contribution is 6.32. The number of fused-ring (bicyclic) bond motifs is 2. The van der Waals surface area contributed by atoms with E-state index in [-0.39, 0.29) is 12.0 Å². The number of pyridine rings is 1. The number of aromatic nitrogens is 4. The second kappa shape index (κ2) is 10.1. The van der Waals surface area contributed by atoms with Crippen molar-refractivity contribution >= 4 is 45.4 Å². The van der Waals surface area contributed by atoms with Crippen LogP contribution in [-0.2, 0) is 4.79 Å². The molecule has 196 valence electrons. The number of nitrogens with one attached hydrogen (secondary N) is 1. The quantitative estimate of drug-likeness (QED) is 0.265. The Morgan fingerprint density at radius 3 is 2.77 bits per heavy atom. The van der Waals surface area contributed by atoms with Crippen molar-refractivity contribution in [1.82, 2.24) is 24.5 Å². The number of carbonyl (C=O) groups excluding carboxylic acids is 1. The summed E-state index contributed by atoms with van der Waals surface area (Å²) in [6.07, 6.45) is 6.17. The maximum absolute atomic E-state index is 11.8. The number of amides is 1. The van der Waals surface area contributed by atoms with Crippen molar-refractivity contribution in [3.05, 3.63) is 84.9 Å². The van der Waals surface area contributed by atoms with Gasteiger partial charge in [-0.15, -0.1) is 0 Å². The summed E-state index contributed by atoms with van der Waals surface area (Å²) < 4.78 is 19.4. The van der Waals surface area contributed by atoms with Crippen molar-refractivity contribution < 1.29 is 19.0 Å². The van der Waals surface area contributed by atoms with Gasteiger partial charge < -0.3 is 24.4 Å². The molecule has 2 aromatic carbocycles. The molecule has 0 spiro atoms.